The van der Waals surface area contributed by atoms with E-state index < -0.39 is 11.7 Å². The Balaban J connectivity index is 1.38. The first-order chi connectivity index (χ1) is 15.4. The standard InChI is InChI=1S/C23H18ClF2N3O3/c1-14-10-22(28-29(14)12-15-4-2-3-5-19(15)26)27-23(30)21-9-7-17(32-21)13-31-20-8-6-16(25)11-18(20)24/h2-11H,12-13H2,1H3,(H,27,28,30). The lowest BCUT2D eigenvalue weighted by atomic mass is 10.2. The Bertz CT molecular complexity index is 1270. The molecule has 2 heterocycles. The van der Waals surface area contributed by atoms with Gasteiger partial charge in [0.1, 0.15) is 29.8 Å². The lowest BCUT2D eigenvalue weighted by Gasteiger charge is -2.06. The highest BCUT2D eigenvalue weighted by atomic mass is 35.5. The van der Waals surface area contributed by atoms with Crippen LogP contribution in [0.25, 0.3) is 0 Å². The maximum absolute atomic E-state index is 13.9. The number of carbonyl (C=O) groups is 1. The molecule has 0 radical (unpaired) electrons. The summed E-state index contributed by atoms with van der Waals surface area (Å²) in [5.74, 6) is -0.216. The van der Waals surface area contributed by atoms with Crippen LogP contribution in [-0.4, -0.2) is 15.7 Å². The molecule has 4 rings (SSSR count). The third-order valence-corrected chi connectivity index (χ3v) is 4.95. The zero-order valence-electron chi connectivity index (χ0n) is 16.9. The van der Waals surface area contributed by atoms with Crippen molar-refractivity contribution in [1.82, 2.24) is 9.78 Å². The van der Waals surface area contributed by atoms with E-state index in [-0.39, 0.29) is 29.8 Å². The van der Waals surface area contributed by atoms with Gasteiger partial charge in [-0.15, -0.1) is 0 Å². The highest BCUT2D eigenvalue weighted by Gasteiger charge is 2.15. The Morgan fingerprint density at radius 2 is 1.97 bits per heavy atom. The molecule has 0 aliphatic rings. The predicted octanol–water partition coefficient (Wildman–Crippen LogP) is 5.60. The van der Waals surface area contributed by atoms with Crippen LogP contribution in [0, 0.1) is 18.6 Å². The number of aryl methyl sites for hydroxylation is 1. The van der Waals surface area contributed by atoms with Crippen LogP contribution in [0.4, 0.5) is 14.6 Å². The van der Waals surface area contributed by atoms with E-state index >= 15 is 0 Å². The molecule has 0 aliphatic carbocycles. The summed E-state index contributed by atoms with van der Waals surface area (Å²) in [6, 6.07) is 15.0. The summed E-state index contributed by atoms with van der Waals surface area (Å²) in [4.78, 5) is 12.5. The molecule has 0 unspecified atom stereocenters. The second-order valence-corrected chi connectivity index (χ2v) is 7.41. The normalized spacial score (nSPS) is 10.9. The molecule has 2 aromatic heterocycles. The number of ether oxygens (including phenoxy) is 1. The van der Waals surface area contributed by atoms with Gasteiger partial charge < -0.3 is 14.5 Å². The maximum Gasteiger partial charge on any atom is 0.292 e. The summed E-state index contributed by atoms with van der Waals surface area (Å²) in [5.41, 5.74) is 1.25. The minimum absolute atomic E-state index is 0.00894. The molecule has 0 fully saturated rings. The molecule has 0 saturated heterocycles. The second kappa shape index (κ2) is 9.23. The first kappa shape index (κ1) is 21.6. The summed E-state index contributed by atoms with van der Waals surface area (Å²) in [6.07, 6.45) is 0. The van der Waals surface area contributed by atoms with Crippen LogP contribution >= 0.6 is 11.6 Å². The number of amides is 1. The molecule has 0 bridgehead atoms. The summed E-state index contributed by atoms with van der Waals surface area (Å²) < 4.78 is 39.6. The first-order valence-electron chi connectivity index (χ1n) is 9.65. The number of halogens is 3. The number of furan rings is 1. The Hall–Kier alpha value is -3.65. The van der Waals surface area contributed by atoms with Gasteiger partial charge in [0.2, 0.25) is 0 Å². The van der Waals surface area contributed by atoms with E-state index in [0.717, 1.165) is 11.8 Å². The number of carbonyl (C=O) groups excluding carboxylic acids is 1. The average molecular weight is 458 g/mol. The largest absolute Gasteiger partial charge is 0.484 e. The third-order valence-electron chi connectivity index (χ3n) is 4.65. The molecule has 9 heteroatoms. The van der Waals surface area contributed by atoms with Crippen LogP contribution in [0.5, 0.6) is 5.75 Å². The van der Waals surface area contributed by atoms with Crippen molar-refractivity contribution >= 4 is 23.3 Å². The van der Waals surface area contributed by atoms with Gasteiger partial charge in [0.05, 0.1) is 11.6 Å². The van der Waals surface area contributed by atoms with Crippen LogP contribution < -0.4 is 10.1 Å². The van der Waals surface area contributed by atoms with Crippen LogP contribution in [0.1, 0.15) is 27.6 Å². The van der Waals surface area contributed by atoms with E-state index in [1.54, 1.807) is 35.0 Å². The maximum atomic E-state index is 13.9. The molecule has 1 amide bonds. The number of anilines is 1. The Morgan fingerprint density at radius 3 is 2.75 bits per heavy atom. The third kappa shape index (κ3) is 4.97. The predicted molar refractivity (Wildman–Crippen MR) is 115 cm³/mol. The molecule has 6 nitrogen and oxygen atoms in total. The van der Waals surface area contributed by atoms with E-state index in [9.17, 15) is 13.6 Å². The van der Waals surface area contributed by atoms with Crippen molar-refractivity contribution in [2.75, 3.05) is 5.32 Å². The highest BCUT2D eigenvalue weighted by Crippen LogP contribution is 2.26. The van der Waals surface area contributed by atoms with Crippen molar-refractivity contribution in [2.45, 2.75) is 20.1 Å². The van der Waals surface area contributed by atoms with Crippen molar-refractivity contribution in [3.8, 4) is 5.75 Å². The van der Waals surface area contributed by atoms with Gasteiger partial charge in [0.15, 0.2) is 11.6 Å². The van der Waals surface area contributed by atoms with E-state index in [0.29, 0.717) is 22.9 Å². The summed E-state index contributed by atoms with van der Waals surface area (Å²) in [5, 5.41) is 7.11. The fraction of sp³-hybridized carbons (Fsp3) is 0.130. The molecular weight excluding hydrogens is 440 g/mol. The molecule has 4 aromatic rings. The fourth-order valence-electron chi connectivity index (χ4n) is 3.02. The van der Waals surface area contributed by atoms with E-state index in [1.165, 1.54) is 24.3 Å². The highest BCUT2D eigenvalue weighted by molar-refractivity contribution is 6.32. The minimum atomic E-state index is -0.494. The van der Waals surface area contributed by atoms with Crippen LogP contribution in [-0.2, 0) is 13.2 Å². The van der Waals surface area contributed by atoms with Gasteiger partial charge >= 0.3 is 0 Å². The van der Waals surface area contributed by atoms with Crippen molar-refractivity contribution in [3.63, 3.8) is 0 Å². The van der Waals surface area contributed by atoms with Crippen molar-refractivity contribution < 1.29 is 22.7 Å². The van der Waals surface area contributed by atoms with Crippen molar-refractivity contribution in [2.24, 2.45) is 0 Å². The minimum Gasteiger partial charge on any atom is -0.484 e. The van der Waals surface area contributed by atoms with Crippen LogP contribution in [0.3, 0.4) is 0 Å². The number of rotatable bonds is 7. The number of nitrogens with zero attached hydrogens (tertiary/aromatic N) is 2. The van der Waals surface area contributed by atoms with Crippen molar-refractivity contribution in [3.05, 3.63) is 100 Å². The van der Waals surface area contributed by atoms with Gasteiger partial charge in [-0.05, 0) is 43.3 Å². The van der Waals surface area contributed by atoms with E-state index in [1.807, 2.05) is 6.92 Å². The van der Waals surface area contributed by atoms with E-state index in [2.05, 4.69) is 10.4 Å². The quantitative estimate of drug-likeness (QED) is 0.392. The summed E-state index contributed by atoms with van der Waals surface area (Å²) >= 11 is 5.93. The Morgan fingerprint density at radius 1 is 1.16 bits per heavy atom. The SMILES string of the molecule is Cc1cc(NC(=O)c2ccc(COc3ccc(F)cc3Cl)o2)nn1Cc1ccccc1F. The topological polar surface area (TPSA) is 69.3 Å². The monoisotopic (exact) mass is 457 g/mol. The zero-order valence-corrected chi connectivity index (χ0v) is 17.7. The van der Waals surface area contributed by atoms with Gasteiger partial charge in [0, 0.05) is 17.3 Å². The molecule has 32 heavy (non-hydrogen) atoms. The van der Waals surface area contributed by atoms with Gasteiger partial charge in [0.25, 0.3) is 5.91 Å². The Kier molecular flexibility index (Phi) is 6.23. The summed E-state index contributed by atoms with van der Waals surface area (Å²) in [7, 11) is 0. The van der Waals surface area contributed by atoms with Gasteiger partial charge in [-0.1, -0.05) is 29.8 Å². The van der Waals surface area contributed by atoms with Gasteiger partial charge in [-0.2, -0.15) is 5.10 Å². The molecule has 0 saturated carbocycles. The smallest absolute Gasteiger partial charge is 0.292 e. The van der Waals surface area contributed by atoms with E-state index in [4.69, 9.17) is 20.8 Å². The average Bonchev–Trinajstić information content (AvgIpc) is 3.36. The number of nitrogens with one attached hydrogen (secondary N) is 1. The Labute approximate surface area is 187 Å². The molecule has 164 valence electrons. The number of benzene rings is 2. The molecule has 0 spiro atoms. The van der Waals surface area contributed by atoms with Gasteiger partial charge in [-0.3, -0.25) is 9.48 Å². The van der Waals surface area contributed by atoms with Crippen LogP contribution in [0.2, 0.25) is 5.02 Å². The molecule has 0 atom stereocenters. The number of aromatic nitrogens is 2. The molecule has 0 aliphatic heterocycles. The summed E-state index contributed by atoms with van der Waals surface area (Å²) in [6.45, 7) is 2.06. The zero-order chi connectivity index (χ0) is 22.7. The number of hydrogen-bond acceptors (Lipinski definition) is 4. The first-order valence-corrected chi connectivity index (χ1v) is 10.0. The lowest BCUT2D eigenvalue weighted by molar-refractivity contribution is 0.0992. The molecule has 2 aromatic carbocycles. The lowest BCUT2D eigenvalue weighted by Crippen LogP contribution is -2.12. The molecule has 1 N–H and O–H groups in total. The van der Waals surface area contributed by atoms with Crippen molar-refractivity contribution in [1.29, 1.82) is 0 Å². The number of hydrogen-bond donors (Lipinski definition) is 1. The van der Waals surface area contributed by atoms with Gasteiger partial charge in [-0.25, -0.2) is 8.78 Å². The molecular formula is C23H18ClF2N3O3. The second-order valence-electron chi connectivity index (χ2n) is 7.00. The van der Waals surface area contributed by atoms with Crippen LogP contribution in [0.15, 0.2) is 65.1 Å². The fourth-order valence-corrected chi connectivity index (χ4v) is 3.24.